The van der Waals surface area contributed by atoms with Crippen molar-refractivity contribution in [2.24, 2.45) is 10.2 Å². The van der Waals surface area contributed by atoms with Gasteiger partial charge in [-0.3, -0.25) is 4.18 Å². The fraction of sp³-hybridized carbons (Fsp3) is 0.182. The van der Waals surface area contributed by atoms with Gasteiger partial charge in [0.25, 0.3) is 10.1 Å². The molecule has 0 aromatic heterocycles. The molecule has 3 aromatic rings. The molecule has 10 nitrogen and oxygen atoms in total. The Morgan fingerprint density at radius 3 is 1.86 bits per heavy atom. The van der Waals surface area contributed by atoms with Gasteiger partial charge in [0.05, 0.1) is 23.4 Å². The summed E-state index contributed by atoms with van der Waals surface area (Å²) in [7, 11) is -3.80. The number of benzene rings is 3. The number of nitrogens with zero attached hydrogens (tertiary/aromatic N) is 6. The number of hydrogen-bond acceptors (Lipinski definition) is 6. The first-order valence-electron chi connectivity index (χ1n) is 9.76. The van der Waals surface area contributed by atoms with Crippen LogP contribution in [0.15, 0.2) is 87.9 Å². The fourth-order valence-corrected chi connectivity index (χ4v) is 3.34. The Kier molecular flexibility index (Phi) is 13.9. The molecule has 0 saturated heterocycles. The summed E-state index contributed by atoms with van der Waals surface area (Å²) < 4.78 is 29.1. The predicted octanol–water partition coefficient (Wildman–Crippen LogP) is 7.38. The highest BCUT2D eigenvalue weighted by atomic mass is 35.5. The van der Waals surface area contributed by atoms with Gasteiger partial charge in [0.15, 0.2) is 0 Å². The monoisotopic (exact) mass is 536 g/mol. The number of rotatable bonds is 7. The topological polar surface area (TPSA) is 161 Å². The third kappa shape index (κ3) is 11.6. The van der Waals surface area contributed by atoms with E-state index in [1.165, 1.54) is 12.1 Å². The van der Waals surface area contributed by atoms with E-state index in [1.54, 1.807) is 60.7 Å². The largest absolute Gasteiger partial charge is 0.392 e. The minimum atomic E-state index is -3.80. The number of aliphatic hydroxyl groups excluding tert-OH is 1. The van der Waals surface area contributed by atoms with E-state index in [9.17, 15) is 8.42 Å². The Labute approximate surface area is 213 Å². The summed E-state index contributed by atoms with van der Waals surface area (Å²) in [5.41, 5.74) is 19.7. The van der Waals surface area contributed by atoms with Crippen LogP contribution in [0, 0.1) is 6.92 Å². The van der Waals surface area contributed by atoms with Crippen LogP contribution < -0.4 is 0 Å². The van der Waals surface area contributed by atoms with Gasteiger partial charge in [-0.15, -0.1) is 23.2 Å². The highest BCUT2D eigenvalue weighted by molar-refractivity contribution is 7.86. The lowest BCUT2D eigenvalue weighted by Crippen LogP contribution is -2.06. The normalized spacial score (nSPS) is 9.83. The standard InChI is InChI=1S/C14H13N3O3S.C7H7N3O.CH2Cl2/c1-11-5-7-14(8-6-11)21(18,19)20-10-12-3-2-4-13(9-12)16-17-15;8-10-9-7-3-1-2-6(4-7)5-11;2-1-3/h2-9H,10H2,1H3;1-4,11H,5H2;1H2. The molecule has 0 aliphatic rings. The molecule has 0 amide bonds. The number of aliphatic hydroxyl groups is 1. The number of aryl methyl sites for hydroxylation is 1. The van der Waals surface area contributed by atoms with Crippen LogP contribution in [0.3, 0.4) is 0 Å². The van der Waals surface area contributed by atoms with E-state index >= 15 is 0 Å². The van der Waals surface area contributed by atoms with Gasteiger partial charge >= 0.3 is 0 Å². The van der Waals surface area contributed by atoms with Crippen molar-refractivity contribution in [1.82, 2.24) is 0 Å². The summed E-state index contributed by atoms with van der Waals surface area (Å²) in [6.45, 7) is 1.72. The zero-order valence-electron chi connectivity index (χ0n) is 18.6. The molecule has 3 aromatic carbocycles. The van der Waals surface area contributed by atoms with Crippen molar-refractivity contribution < 1.29 is 17.7 Å². The first-order valence-corrected chi connectivity index (χ1v) is 12.2. The van der Waals surface area contributed by atoms with Crippen LogP contribution >= 0.6 is 23.2 Å². The Hall–Kier alpha value is -3.27. The van der Waals surface area contributed by atoms with Crippen molar-refractivity contribution >= 4 is 44.7 Å². The molecule has 3 rings (SSSR count). The number of azide groups is 2. The predicted molar refractivity (Wildman–Crippen MR) is 136 cm³/mol. The molecule has 13 heteroatoms. The van der Waals surface area contributed by atoms with E-state index in [4.69, 9.17) is 43.6 Å². The lowest BCUT2D eigenvalue weighted by molar-refractivity contribution is 0.282. The van der Waals surface area contributed by atoms with Gasteiger partial charge in [-0.2, -0.15) is 8.42 Å². The highest BCUT2D eigenvalue weighted by Gasteiger charge is 2.14. The molecule has 0 unspecified atom stereocenters. The van der Waals surface area contributed by atoms with Crippen LogP contribution in [0.2, 0.25) is 0 Å². The highest BCUT2D eigenvalue weighted by Crippen LogP contribution is 2.18. The van der Waals surface area contributed by atoms with Gasteiger partial charge in [0.2, 0.25) is 0 Å². The maximum atomic E-state index is 12.0. The van der Waals surface area contributed by atoms with Crippen LogP contribution in [-0.2, 0) is 27.5 Å². The van der Waals surface area contributed by atoms with E-state index in [-0.39, 0.29) is 23.4 Å². The van der Waals surface area contributed by atoms with Crippen molar-refractivity contribution in [2.75, 3.05) is 5.34 Å². The molecular weight excluding hydrogens is 515 g/mol. The lowest BCUT2D eigenvalue weighted by Gasteiger charge is -2.06. The lowest BCUT2D eigenvalue weighted by atomic mass is 10.2. The van der Waals surface area contributed by atoms with Gasteiger partial charge in [0, 0.05) is 21.2 Å². The molecule has 184 valence electrons. The third-order valence-electron chi connectivity index (χ3n) is 4.01. The number of hydrogen-bond donors (Lipinski definition) is 1. The minimum Gasteiger partial charge on any atom is -0.392 e. The average Bonchev–Trinajstić information content (AvgIpc) is 2.85. The first-order chi connectivity index (χ1) is 16.8. The van der Waals surface area contributed by atoms with Crippen molar-refractivity contribution in [3.8, 4) is 0 Å². The summed E-state index contributed by atoms with van der Waals surface area (Å²) in [6.07, 6.45) is 0. The smallest absolute Gasteiger partial charge is 0.297 e. The molecule has 0 aliphatic carbocycles. The zero-order chi connectivity index (χ0) is 26.1. The van der Waals surface area contributed by atoms with Crippen molar-refractivity contribution in [1.29, 1.82) is 0 Å². The average molecular weight is 537 g/mol. The van der Waals surface area contributed by atoms with Gasteiger partial charge in [-0.25, -0.2) is 0 Å². The summed E-state index contributed by atoms with van der Waals surface area (Å²) >= 11 is 9.53. The van der Waals surface area contributed by atoms with Gasteiger partial charge in [0.1, 0.15) is 0 Å². The molecular formula is C22H22Cl2N6O4S. The van der Waals surface area contributed by atoms with E-state index in [0.717, 1.165) is 11.1 Å². The van der Waals surface area contributed by atoms with Crippen molar-refractivity contribution in [2.45, 2.75) is 25.0 Å². The van der Waals surface area contributed by atoms with E-state index < -0.39 is 10.1 Å². The van der Waals surface area contributed by atoms with Crippen LogP contribution in [0.1, 0.15) is 16.7 Å². The molecule has 0 saturated carbocycles. The van der Waals surface area contributed by atoms with E-state index in [2.05, 4.69) is 20.1 Å². The first kappa shape index (κ1) is 29.8. The Morgan fingerprint density at radius 2 is 1.37 bits per heavy atom. The molecule has 0 aliphatic heterocycles. The number of alkyl halides is 2. The molecule has 0 spiro atoms. The molecule has 0 fully saturated rings. The second kappa shape index (κ2) is 16.4. The molecule has 0 heterocycles. The number of halogens is 2. The second-order valence-corrected chi connectivity index (χ2v) is 8.93. The molecule has 0 bridgehead atoms. The van der Waals surface area contributed by atoms with Crippen molar-refractivity contribution in [3.63, 3.8) is 0 Å². The summed E-state index contributed by atoms with van der Waals surface area (Å²) in [6, 6.07) is 19.8. The van der Waals surface area contributed by atoms with Crippen LogP contribution in [0.5, 0.6) is 0 Å². The summed E-state index contributed by atoms with van der Waals surface area (Å²) in [5.74, 6) is 0. The summed E-state index contributed by atoms with van der Waals surface area (Å²) in [5, 5.41) is 15.7. The SMILES string of the molecule is Cc1ccc(S(=O)(=O)OCc2cccc(N=[N+]=[N-])c2)cc1.ClCCl.[N-]=[N+]=Nc1cccc(CO)c1. The quantitative estimate of drug-likeness (QED) is 0.109. The van der Waals surface area contributed by atoms with E-state index in [1.807, 2.05) is 6.92 Å². The van der Waals surface area contributed by atoms with Crippen LogP contribution in [0.25, 0.3) is 20.9 Å². The van der Waals surface area contributed by atoms with Crippen molar-refractivity contribution in [3.05, 3.63) is 110 Å². The Morgan fingerprint density at radius 1 is 0.886 bits per heavy atom. The molecule has 35 heavy (non-hydrogen) atoms. The maximum absolute atomic E-state index is 12.0. The van der Waals surface area contributed by atoms with Crippen LogP contribution in [0.4, 0.5) is 11.4 Å². The minimum absolute atomic E-state index is 0.0329. The summed E-state index contributed by atoms with van der Waals surface area (Å²) in [4.78, 5) is 5.41. The fourth-order valence-electron chi connectivity index (χ4n) is 2.45. The third-order valence-corrected chi connectivity index (χ3v) is 5.29. The second-order valence-electron chi connectivity index (χ2n) is 6.51. The molecule has 1 N–H and O–H groups in total. The zero-order valence-corrected chi connectivity index (χ0v) is 20.9. The van der Waals surface area contributed by atoms with Crippen LogP contribution in [-0.4, -0.2) is 18.9 Å². The molecule has 0 atom stereocenters. The molecule has 0 radical (unpaired) electrons. The van der Waals surface area contributed by atoms with E-state index in [0.29, 0.717) is 16.9 Å². The Bertz CT molecular complexity index is 1280. The van der Waals surface area contributed by atoms with Gasteiger partial charge in [-0.1, -0.05) is 64.3 Å². The van der Waals surface area contributed by atoms with Gasteiger partial charge in [-0.05, 0) is 53.4 Å². The van der Waals surface area contributed by atoms with Gasteiger partial charge < -0.3 is 5.11 Å². The maximum Gasteiger partial charge on any atom is 0.297 e. The Balaban J connectivity index is 0.000000366.